The Labute approximate surface area is 113 Å². The van der Waals surface area contributed by atoms with Crippen molar-refractivity contribution in [1.82, 2.24) is 5.32 Å². The van der Waals surface area contributed by atoms with Gasteiger partial charge in [-0.2, -0.15) is 0 Å². The predicted molar refractivity (Wildman–Crippen MR) is 77.8 cm³/mol. The van der Waals surface area contributed by atoms with Gasteiger partial charge in [-0.15, -0.1) is 11.8 Å². The molecule has 0 saturated heterocycles. The molecule has 92 valence electrons. The number of hydrogen-bond donors (Lipinski definition) is 1. The highest BCUT2D eigenvalue weighted by Crippen LogP contribution is 2.35. The van der Waals surface area contributed by atoms with E-state index in [4.69, 9.17) is 0 Å². The predicted octanol–water partition coefficient (Wildman–Crippen LogP) is 4.01. The summed E-state index contributed by atoms with van der Waals surface area (Å²) in [6.45, 7) is 0.949. The lowest BCUT2D eigenvalue weighted by Crippen LogP contribution is -2.24. The van der Waals surface area contributed by atoms with Gasteiger partial charge in [0.05, 0.1) is 0 Å². The maximum Gasteiger partial charge on any atom is 0.0342 e. The van der Waals surface area contributed by atoms with Gasteiger partial charge in [-0.05, 0) is 29.4 Å². The minimum absolute atomic E-state index is 0.502. The molecule has 1 atom stereocenters. The van der Waals surface area contributed by atoms with Crippen molar-refractivity contribution in [2.45, 2.75) is 23.9 Å². The van der Waals surface area contributed by atoms with Crippen LogP contribution in [0.15, 0.2) is 59.5 Å². The van der Waals surface area contributed by atoms with Crippen molar-refractivity contribution in [3.63, 3.8) is 0 Å². The second kappa shape index (κ2) is 5.59. The zero-order valence-corrected chi connectivity index (χ0v) is 11.1. The molecular formula is C16H17NS. The number of benzene rings is 2. The first-order chi connectivity index (χ1) is 8.93. The van der Waals surface area contributed by atoms with E-state index >= 15 is 0 Å². The first-order valence-corrected chi connectivity index (χ1v) is 7.41. The average molecular weight is 255 g/mol. The molecule has 0 fully saturated rings. The standard InChI is InChI=1S/C16H17NS/c1-2-6-13(7-3-1)12-17-15-10-11-18-16-9-5-4-8-14(15)16/h1-9,15,17H,10-12H2. The van der Waals surface area contributed by atoms with Crippen molar-refractivity contribution in [3.8, 4) is 0 Å². The monoisotopic (exact) mass is 255 g/mol. The fourth-order valence-electron chi connectivity index (χ4n) is 2.39. The van der Waals surface area contributed by atoms with E-state index in [1.54, 1.807) is 0 Å². The Hall–Kier alpha value is -1.25. The van der Waals surface area contributed by atoms with E-state index in [0.29, 0.717) is 6.04 Å². The molecule has 1 N–H and O–H groups in total. The normalized spacial score (nSPS) is 18.3. The van der Waals surface area contributed by atoms with Crippen LogP contribution in [0.3, 0.4) is 0 Å². The third-order valence-electron chi connectivity index (χ3n) is 3.35. The van der Waals surface area contributed by atoms with Gasteiger partial charge in [0.1, 0.15) is 0 Å². The number of fused-ring (bicyclic) bond motifs is 1. The zero-order valence-electron chi connectivity index (χ0n) is 10.3. The Morgan fingerprint density at radius 2 is 1.78 bits per heavy atom. The van der Waals surface area contributed by atoms with Crippen LogP contribution in [0.2, 0.25) is 0 Å². The fourth-order valence-corrected chi connectivity index (χ4v) is 3.52. The molecule has 1 unspecified atom stereocenters. The molecule has 3 rings (SSSR count). The van der Waals surface area contributed by atoms with Gasteiger partial charge in [0.25, 0.3) is 0 Å². The first-order valence-electron chi connectivity index (χ1n) is 6.42. The molecule has 0 radical (unpaired) electrons. The third-order valence-corrected chi connectivity index (χ3v) is 4.48. The lowest BCUT2D eigenvalue weighted by Gasteiger charge is -2.26. The van der Waals surface area contributed by atoms with Crippen molar-refractivity contribution < 1.29 is 0 Å². The van der Waals surface area contributed by atoms with Crippen LogP contribution in [0.4, 0.5) is 0 Å². The van der Waals surface area contributed by atoms with E-state index in [-0.39, 0.29) is 0 Å². The van der Waals surface area contributed by atoms with Crippen LogP contribution in [0.5, 0.6) is 0 Å². The lowest BCUT2D eigenvalue weighted by molar-refractivity contribution is 0.510. The highest BCUT2D eigenvalue weighted by atomic mass is 32.2. The Morgan fingerprint density at radius 1 is 1.00 bits per heavy atom. The van der Waals surface area contributed by atoms with Crippen LogP contribution >= 0.6 is 11.8 Å². The molecule has 0 spiro atoms. The van der Waals surface area contributed by atoms with Gasteiger partial charge in [0.15, 0.2) is 0 Å². The summed E-state index contributed by atoms with van der Waals surface area (Å²) in [6, 6.07) is 19.9. The van der Waals surface area contributed by atoms with Gasteiger partial charge >= 0.3 is 0 Å². The molecule has 1 aliphatic heterocycles. The fraction of sp³-hybridized carbons (Fsp3) is 0.250. The molecule has 0 saturated carbocycles. The highest BCUT2D eigenvalue weighted by molar-refractivity contribution is 7.99. The molecule has 0 amide bonds. The molecule has 0 aliphatic carbocycles. The zero-order chi connectivity index (χ0) is 12.2. The van der Waals surface area contributed by atoms with Crippen molar-refractivity contribution in [2.24, 2.45) is 0 Å². The summed E-state index contributed by atoms with van der Waals surface area (Å²) in [4.78, 5) is 1.44. The van der Waals surface area contributed by atoms with Gasteiger partial charge < -0.3 is 5.32 Å². The van der Waals surface area contributed by atoms with E-state index in [0.717, 1.165) is 6.54 Å². The smallest absolute Gasteiger partial charge is 0.0342 e. The van der Waals surface area contributed by atoms with Crippen molar-refractivity contribution >= 4 is 11.8 Å². The molecule has 2 aromatic carbocycles. The first kappa shape index (κ1) is 11.8. The van der Waals surface area contributed by atoms with Crippen LogP contribution in [0.1, 0.15) is 23.6 Å². The molecule has 18 heavy (non-hydrogen) atoms. The van der Waals surface area contributed by atoms with Gasteiger partial charge in [0, 0.05) is 17.5 Å². The van der Waals surface area contributed by atoms with E-state index < -0.39 is 0 Å². The second-order valence-electron chi connectivity index (χ2n) is 4.59. The van der Waals surface area contributed by atoms with Crippen LogP contribution in [-0.2, 0) is 6.54 Å². The van der Waals surface area contributed by atoms with E-state index in [2.05, 4.69) is 59.9 Å². The van der Waals surface area contributed by atoms with Gasteiger partial charge in [-0.3, -0.25) is 0 Å². The Balaban J connectivity index is 1.71. The Morgan fingerprint density at radius 3 is 2.67 bits per heavy atom. The molecule has 1 aliphatic rings. The molecule has 2 aromatic rings. The minimum atomic E-state index is 0.502. The summed E-state index contributed by atoms with van der Waals surface area (Å²) in [5, 5.41) is 3.68. The topological polar surface area (TPSA) is 12.0 Å². The average Bonchev–Trinajstić information content (AvgIpc) is 2.46. The minimum Gasteiger partial charge on any atom is -0.306 e. The summed E-state index contributed by atoms with van der Waals surface area (Å²) in [6.07, 6.45) is 1.22. The maximum absolute atomic E-state index is 3.68. The largest absolute Gasteiger partial charge is 0.306 e. The third kappa shape index (κ3) is 2.60. The molecular weight excluding hydrogens is 238 g/mol. The molecule has 0 bridgehead atoms. The molecule has 0 aromatic heterocycles. The molecule has 1 nitrogen and oxygen atoms in total. The van der Waals surface area contributed by atoms with Gasteiger partial charge in [-0.1, -0.05) is 48.5 Å². The van der Waals surface area contributed by atoms with Crippen LogP contribution in [0.25, 0.3) is 0 Å². The number of nitrogens with one attached hydrogen (secondary N) is 1. The van der Waals surface area contributed by atoms with Gasteiger partial charge in [-0.25, -0.2) is 0 Å². The van der Waals surface area contributed by atoms with Gasteiger partial charge in [0.2, 0.25) is 0 Å². The van der Waals surface area contributed by atoms with E-state index in [1.807, 2.05) is 11.8 Å². The molecule has 2 heteroatoms. The SMILES string of the molecule is c1ccc(CNC2CCSc3ccccc32)cc1. The highest BCUT2D eigenvalue weighted by Gasteiger charge is 2.19. The summed E-state index contributed by atoms with van der Waals surface area (Å²) in [5.41, 5.74) is 2.82. The summed E-state index contributed by atoms with van der Waals surface area (Å²) in [5.74, 6) is 1.21. The summed E-state index contributed by atoms with van der Waals surface area (Å²) < 4.78 is 0. The summed E-state index contributed by atoms with van der Waals surface area (Å²) in [7, 11) is 0. The number of hydrogen-bond acceptors (Lipinski definition) is 2. The maximum atomic E-state index is 3.68. The van der Waals surface area contributed by atoms with Crippen molar-refractivity contribution in [2.75, 3.05) is 5.75 Å². The number of thioether (sulfide) groups is 1. The second-order valence-corrected chi connectivity index (χ2v) is 5.73. The molecule has 1 heterocycles. The lowest BCUT2D eigenvalue weighted by atomic mass is 10.0. The van der Waals surface area contributed by atoms with Crippen LogP contribution in [-0.4, -0.2) is 5.75 Å². The van der Waals surface area contributed by atoms with Crippen LogP contribution in [0, 0.1) is 0 Å². The Kier molecular flexibility index (Phi) is 3.67. The van der Waals surface area contributed by atoms with Crippen molar-refractivity contribution in [1.29, 1.82) is 0 Å². The number of rotatable bonds is 3. The van der Waals surface area contributed by atoms with E-state index in [1.165, 1.54) is 28.2 Å². The van der Waals surface area contributed by atoms with Crippen molar-refractivity contribution in [3.05, 3.63) is 65.7 Å². The summed E-state index contributed by atoms with van der Waals surface area (Å²) >= 11 is 1.97. The quantitative estimate of drug-likeness (QED) is 0.889. The van der Waals surface area contributed by atoms with Crippen LogP contribution < -0.4 is 5.32 Å². The Bertz CT molecular complexity index is 510. The van der Waals surface area contributed by atoms with E-state index in [9.17, 15) is 0 Å².